The molecule has 0 bridgehead atoms. The van der Waals surface area contributed by atoms with Crippen LogP contribution in [0.4, 0.5) is 11.5 Å². The van der Waals surface area contributed by atoms with Crippen molar-refractivity contribution in [2.24, 2.45) is 5.41 Å². The van der Waals surface area contributed by atoms with Crippen LogP contribution in [-0.4, -0.2) is 23.2 Å². The summed E-state index contributed by atoms with van der Waals surface area (Å²) in [4.78, 5) is 4.02. The zero-order valence-corrected chi connectivity index (χ0v) is 10.0. The first kappa shape index (κ1) is 12.8. The van der Waals surface area contributed by atoms with Crippen molar-refractivity contribution in [3.63, 3.8) is 0 Å². The Morgan fingerprint density at radius 1 is 1.44 bits per heavy atom. The third-order valence-corrected chi connectivity index (χ3v) is 2.57. The maximum absolute atomic E-state index is 8.80. The number of pyridine rings is 1. The van der Waals surface area contributed by atoms with Crippen molar-refractivity contribution in [1.82, 2.24) is 4.98 Å². The molecule has 0 saturated heterocycles. The second kappa shape index (κ2) is 5.70. The van der Waals surface area contributed by atoms with Crippen LogP contribution in [0.1, 0.15) is 26.7 Å². The third-order valence-electron chi connectivity index (χ3n) is 2.57. The number of aliphatic hydroxyl groups is 1. The van der Waals surface area contributed by atoms with Crippen molar-refractivity contribution in [1.29, 1.82) is 0 Å². The van der Waals surface area contributed by atoms with Crippen LogP contribution in [0.25, 0.3) is 0 Å². The molecule has 0 fully saturated rings. The van der Waals surface area contributed by atoms with E-state index in [-0.39, 0.29) is 12.0 Å². The van der Waals surface area contributed by atoms with Crippen LogP contribution in [0.5, 0.6) is 0 Å². The lowest BCUT2D eigenvalue weighted by Crippen LogP contribution is -2.23. The Morgan fingerprint density at radius 2 is 2.19 bits per heavy atom. The predicted octanol–water partition coefficient (Wildman–Crippen LogP) is 1.87. The van der Waals surface area contributed by atoms with E-state index in [0.29, 0.717) is 5.82 Å². The molecular formula is C12H21N3O. The molecule has 1 rings (SSSR count). The lowest BCUT2D eigenvalue weighted by molar-refractivity contribution is 0.248. The van der Waals surface area contributed by atoms with E-state index in [9.17, 15) is 0 Å². The molecule has 90 valence electrons. The van der Waals surface area contributed by atoms with Gasteiger partial charge < -0.3 is 16.2 Å². The van der Waals surface area contributed by atoms with Crippen molar-refractivity contribution >= 4 is 11.5 Å². The molecule has 1 heterocycles. The number of hydrogen-bond acceptors (Lipinski definition) is 4. The summed E-state index contributed by atoms with van der Waals surface area (Å²) in [5, 5.41) is 12.1. The molecule has 0 aliphatic carbocycles. The normalized spacial score (nSPS) is 11.4. The van der Waals surface area contributed by atoms with E-state index in [2.05, 4.69) is 24.1 Å². The van der Waals surface area contributed by atoms with E-state index in [4.69, 9.17) is 10.8 Å². The van der Waals surface area contributed by atoms with Gasteiger partial charge in [0.05, 0.1) is 11.9 Å². The van der Waals surface area contributed by atoms with Crippen molar-refractivity contribution < 1.29 is 5.11 Å². The van der Waals surface area contributed by atoms with Crippen LogP contribution < -0.4 is 11.1 Å². The molecule has 4 N–H and O–H groups in total. The summed E-state index contributed by atoms with van der Waals surface area (Å²) in [6, 6.07) is 3.70. The van der Waals surface area contributed by atoms with E-state index in [0.717, 1.165) is 25.1 Å². The molecule has 0 unspecified atom stereocenters. The molecule has 0 amide bonds. The van der Waals surface area contributed by atoms with Gasteiger partial charge in [0.25, 0.3) is 0 Å². The van der Waals surface area contributed by atoms with Gasteiger partial charge in [-0.25, -0.2) is 4.98 Å². The number of aromatic nitrogens is 1. The number of nitrogens with two attached hydrogens (primary N) is 1. The molecule has 0 atom stereocenters. The third kappa shape index (κ3) is 4.49. The van der Waals surface area contributed by atoms with Crippen molar-refractivity contribution in [3.8, 4) is 0 Å². The van der Waals surface area contributed by atoms with Gasteiger partial charge in [0.15, 0.2) is 0 Å². The Balaban J connectivity index is 2.41. The maximum atomic E-state index is 8.80. The number of nitrogens with zero attached hydrogens (tertiary/aromatic N) is 1. The molecule has 0 aliphatic heterocycles. The molecule has 4 nitrogen and oxygen atoms in total. The highest BCUT2D eigenvalue weighted by atomic mass is 16.2. The van der Waals surface area contributed by atoms with Crippen molar-refractivity contribution in [3.05, 3.63) is 18.3 Å². The first-order valence-corrected chi connectivity index (χ1v) is 5.60. The van der Waals surface area contributed by atoms with Gasteiger partial charge in [-0.15, -0.1) is 0 Å². The van der Waals surface area contributed by atoms with E-state index < -0.39 is 0 Å². The molecule has 0 radical (unpaired) electrons. The molecule has 0 spiro atoms. The summed E-state index contributed by atoms with van der Waals surface area (Å²) in [5.41, 5.74) is 6.66. The van der Waals surface area contributed by atoms with Gasteiger partial charge in [-0.05, 0) is 30.4 Å². The Bertz CT molecular complexity index is 309. The molecule has 0 aromatic carbocycles. The zero-order chi connectivity index (χ0) is 12.0. The van der Waals surface area contributed by atoms with Crippen molar-refractivity contribution in [2.45, 2.75) is 26.7 Å². The van der Waals surface area contributed by atoms with E-state index in [1.165, 1.54) is 0 Å². The second-order valence-electron chi connectivity index (χ2n) is 4.82. The Morgan fingerprint density at radius 3 is 2.75 bits per heavy atom. The molecule has 0 saturated carbocycles. The molecule has 1 aromatic heterocycles. The first-order valence-electron chi connectivity index (χ1n) is 5.60. The highest BCUT2D eigenvalue weighted by Gasteiger charge is 2.16. The second-order valence-corrected chi connectivity index (χ2v) is 4.82. The Hall–Kier alpha value is -1.29. The highest BCUT2D eigenvalue weighted by Crippen LogP contribution is 2.22. The molecule has 0 aliphatic rings. The average Bonchev–Trinajstić information content (AvgIpc) is 2.26. The number of aliphatic hydroxyl groups excluding tert-OH is 1. The fourth-order valence-corrected chi connectivity index (χ4v) is 1.50. The predicted molar refractivity (Wildman–Crippen MR) is 67.2 cm³/mol. The Kier molecular flexibility index (Phi) is 4.55. The lowest BCUT2D eigenvalue weighted by Gasteiger charge is -2.25. The van der Waals surface area contributed by atoms with E-state index in [1.807, 2.05) is 6.07 Å². The molecular weight excluding hydrogens is 202 g/mol. The SMILES string of the molecule is CC(C)(CCCO)CNc1ccc(N)nc1. The monoisotopic (exact) mass is 223 g/mol. The number of anilines is 2. The number of nitrogens with one attached hydrogen (secondary N) is 1. The van der Waals surface area contributed by atoms with Gasteiger partial charge in [-0.3, -0.25) is 0 Å². The fourth-order valence-electron chi connectivity index (χ4n) is 1.50. The standard InChI is InChI=1S/C12H21N3O/c1-12(2,6-3-7-16)9-15-10-4-5-11(13)14-8-10/h4-5,8,15-16H,3,6-7,9H2,1-2H3,(H2,13,14). The fraction of sp³-hybridized carbons (Fsp3) is 0.583. The largest absolute Gasteiger partial charge is 0.396 e. The quantitative estimate of drug-likeness (QED) is 0.688. The first-order chi connectivity index (χ1) is 7.53. The average molecular weight is 223 g/mol. The van der Waals surface area contributed by atoms with Gasteiger partial charge in [0, 0.05) is 13.2 Å². The number of hydrogen-bond donors (Lipinski definition) is 3. The topological polar surface area (TPSA) is 71.2 Å². The van der Waals surface area contributed by atoms with Crippen LogP contribution in [-0.2, 0) is 0 Å². The summed E-state index contributed by atoms with van der Waals surface area (Å²) in [7, 11) is 0. The van der Waals surface area contributed by atoms with E-state index >= 15 is 0 Å². The highest BCUT2D eigenvalue weighted by molar-refractivity contribution is 5.45. The minimum absolute atomic E-state index is 0.171. The molecule has 1 aromatic rings. The number of nitrogen functional groups attached to an aromatic ring is 1. The number of rotatable bonds is 6. The van der Waals surface area contributed by atoms with Gasteiger partial charge in [-0.1, -0.05) is 13.8 Å². The summed E-state index contributed by atoms with van der Waals surface area (Å²) in [6.07, 6.45) is 3.57. The van der Waals surface area contributed by atoms with Gasteiger partial charge in [0.1, 0.15) is 5.82 Å². The van der Waals surface area contributed by atoms with Crippen molar-refractivity contribution in [2.75, 3.05) is 24.2 Å². The smallest absolute Gasteiger partial charge is 0.123 e. The Labute approximate surface area is 96.9 Å². The summed E-state index contributed by atoms with van der Waals surface area (Å²) >= 11 is 0. The van der Waals surface area contributed by atoms with Gasteiger partial charge >= 0.3 is 0 Å². The summed E-state index contributed by atoms with van der Waals surface area (Å²) < 4.78 is 0. The zero-order valence-electron chi connectivity index (χ0n) is 10.0. The molecule has 16 heavy (non-hydrogen) atoms. The van der Waals surface area contributed by atoms with Crippen LogP contribution in [0.15, 0.2) is 18.3 Å². The van der Waals surface area contributed by atoms with Crippen LogP contribution >= 0.6 is 0 Å². The minimum Gasteiger partial charge on any atom is -0.396 e. The summed E-state index contributed by atoms with van der Waals surface area (Å²) in [5.74, 6) is 0.532. The van der Waals surface area contributed by atoms with Gasteiger partial charge in [-0.2, -0.15) is 0 Å². The molecule has 4 heteroatoms. The summed E-state index contributed by atoms with van der Waals surface area (Å²) in [6.45, 7) is 5.48. The maximum Gasteiger partial charge on any atom is 0.123 e. The van der Waals surface area contributed by atoms with Crippen LogP contribution in [0.3, 0.4) is 0 Å². The van der Waals surface area contributed by atoms with Crippen LogP contribution in [0, 0.1) is 5.41 Å². The van der Waals surface area contributed by atoms with E-state index in [1.54, 1.807) is 12.3 Å². The lowest BCUT2D eigenvalue weighted by atomic mass is 9.88. The van der Waals surface area contributed by atoms with Crippen LogP contribution in [0.2, 0.25) is 0 Å². The van der Waals surface area contributed by atoms with Gasteiger partial charge in [0.2, 0.25) is 0 Å². The minimum atomic E-state index is 0.171.